The van der Waals surface area contributed by atoms with Crippen LogP contribution in [0, 0.1) is 0 Å². The first kappa shape index (κ1) is 20.7. The van der Waals surface area contributed by atoms with Gasteiger partial charge in [-0.05, 0) is 54.0 Å². The fourth-order valence-electron chi connectivity index (χ4n) is 2.97. The number of unbranched alkanes of at least 4 members (excludes halogenated alkanes) is 1. The Morgan fingerprint density at radius 3 is 1.96 bits per heavy atom. The molecule has 0 aromatic heterocycles. The first-order valence-corrected chi connectivity index (χ1v) is 11.1. The van der Waals surface area contributed by atoms with Gasteiger partial charge in [-0.2, -0.15) is 0 Å². The Bertz CT molecular complexity index is 778. The van der Waals surface area contributed by atoms with E-state index in [1.54, 1.807) is 12.1 Å². The van der Waals surface area contributed by atoms with E-state index >= 15 is 0 Å². The summed E-state index contributed by atoms with van der Waals surface area (Å²) in [6.07, 6.45) is 3.95. The van der Waals surface area contributed by atoms with Gasteiger partial charge in [0.2, 0.25) is 10.0 Å². The van der Waals surface area contributed by atoms with Crippen molar-refractivity contribution in [2.24, 2.45) is 0 Å². The van der Waals surface area contributed by atoms with Crippen LogP contribution >= 0.6 is 0 Å². The molecule has 0 spiro atoms. The van der Waals surface area contributed by atoms with Crippen LogP contribution in [0.15, 0.2) is 53.4 Å². The lowest BCUT2D eigenvalue weighted by atomic mass is 9.98. The predicted molar refractivity (Wildman–Crippen MR) is 109 cm³/mol. The second-order valence-corrected chi connectivity index (χ2v) is 8.86. The van der Waals surface area contributed by atoms with Gasteiger partial charge in [0, 0.05) is 6.04 Å². The van der Waals surface area contributed by atoms with E-state index in [9.17, 15) is 8.42 Å². The van der Waals surface area contributed by atoms with Crippen molar-refractivity contribution in [2.75, 3.05) is 0 Å². The largest absolute Gasteiger partial charge is 0.241 e. The molecule has 0 fully saturated rings. The van der Waals surface area contributed by atoms with Gasteiger partial charge >= 0.3 is 0 Å². The van der Waals surface area contributed by atoms with E-state index in [-0.39, 0.29) is 6.04 Å². The number of nitrogens with one attached hydrogen (secondary N) is 1. The summed E-state index contributed by atoms with van der Waals surface area (Å²) in [5.41, 5.74) is 3.44. The van der Waals surface area contributed by atoms with E-state index in [0.717, 1.165) is 24.8 Å². The van der Waals surface area contributed by atoms with Gasteiger partial charge in [-0.25, -0.2) is 13.1 Å². The standard InChI is InChI=1S/C22H31NO2S/c1-5-7-8-18-9-15-21(16-10-18)26(24,25)23-22(6-2)20-13-11-19(12-14-20)17(3)4/h9-17,22-23H,5-8H2,1-4H3. The lowest BCUT2D eigenvalue weighted by Crippen LogP contribution is -2.28. The molecule has 0 amide bonds. The number of hydrogen-bond donors (Lipinski definition) is 1. The van der Waals surface area contributed by atoms with E-state index in [1.807, 2.05) is 31.2 Å². The Balaban J connectivity index is 2.14. The molecule has 0 aliphatic heterocycles. The molecule has 1 atom stereocenters. The Morgan fingerprint density at radius 1 is 0.885 bits per heavy atom. The molecule has 3 nitrogen and oxygen atoms in total. The summed E-state index contributed by atoms with van der Waals surface area (Å²) < 4.78 is 28.4. The van der Waals surface area contributed by atoms with Crippen LogP contribution < -0.4 is 4.72 Å². The number of rotatable bonds is 9. The van der Waals surface area contributed by atoms with Crippen LogP contribution in [0.3, 0.4) is 0 Å². The molecule has 142 valence electrons. The van der Waals surface area contributed by atoms with Gasteiger partial charge in [0.1, 0.15) is 0 Å². The van der Waals surface area contributed by atoms with Gasteiger partial charge in [0.25, 0.3) is 0 Å². The van der Waals surface area contributed by atoms with Gasteiger partial charge in [0.05, 0.1) is 4.90 Å². The average Bonchev–Trinajstić information content (AvgIpc) is 2.65. The van der Waals surface area contributed by atoms with Crippen molar-refractivity contribution in [1.82, 2.24) is 4.72 Å². The summed E-state index contributed by atoms with van der Waals surface area (Å²) in [6, 6.07) is 15.3. The van der Waals surface area contributed by atoms with Crippen molar-refractivity contribution in [2.45, 2.75) is 70.2 Å². The summed E-state index contributed by atoms with van der Waals surface area (Å²) in [5, 5.41) is 0. The number of sulfonamides is 1. The molecule has 0 aliphatic carbocycles. The van der Waals surface area contributed by atoms with Crippen molar-refractivity contribution in [3.8, 4) is 0 Å². The van der Waals surface area contributed by atoms with Gasteiger partial charge in [-0.15, -0.1) is 0 Å². The minimum absolute atomic E-state index is 0.221. The summed E-state index contributed by atoms with van der Waals surface area (Å²) in [6.45, 7) is 8.46. The molecule has 2 rings (SSSR count). The van der Waals surface area contributed by atoms with Gasteiger partial charge < -0.3 is 0 Å². The molecular formula is C22H31NO2S. The highest BCUT2D eigenvalue weighted by atomic mass is 32.2. The third-order valence-corrected chi connectivity index (χ3v) is 6.25. The zero-order valence-corrected chi connectivity index (χ0v) is 17.1. The lowest BCUT2D eigenvalue weighted by molar-refractivity contribution is 0.550. The fourth-order valence-corrected chi connectivity index (χ4v) is 4.28. The first-order chi connectivity index (χ1) is 12.4. The quantitative estimate of drug-likeness (QED) is 0.623. The third kappa shape index (κ3) is 5.42. The minimum atomic E-state index is -3.53. The average molecular weight is 374 g/mol. The number of hydrogen-bond acceptors (Lipinski definition) is 2. The van der Waals surface area contributed by atoms with Gasteiger partial charge in [-0.1, -0.05) is 70.5 Å². The van der Waals surface area contributed by atoms with E-state index in [1.165, 1.54) is 11.1 Å². The van der Waals surface area contributed by atoms with Crippen LogP contribution in [0.4, 0.5) is 0 Å². The fraction of sp³-hybridized carbons (Fsp3) is 0.455. The highest BCUT2D eigenvalue weighted by Crippen LogP contribution is 2.23. The van der Waals surface area contributed by atoms with Gasteiger partial charge in [-0.3, -0.25) is 0 Å². The molecule has 2 aromatic carbocycles. The monoisotopic (exact) mass is 373 g/mol. The van der Waals surface area contributed by atoms with Crippen molar-refractivity contribution in [3.63, 3.8) is 0 Å². The maximum atomic E-state index is 12.8. The summed E-state index contributed by atoms with van der Waals surface area (Å²) in [7, 11) is -3.53. The maximum Gasteiger partial charge on any atom is 0.241 e. The Labute approximate surface area is 158 Å². The molecule has 0 saturated heterocycles. The Hall–Kier alpha value is -1.65. The number of aryl methyl sites for hydroxylation is 1. The summed E-state index contributed by atoms with van der Waals surface area (Å²) >= 11 is 0. The van der Waals surface area contributed by atoms with Crippen molar-refractivity contribution in [1.29, 1.82) is 0 Å². The first-order valence-electron chi connectivity index (χ1n) is 9.58. The van der Waals surface area contributed by atoms with Crippen molar-refractivity contribution < 1.29 is 8.42 Å². The Morgan fingerprint density at radius 2 is 1.46 bits per heavy atom. The molecule has 0 aliphatic rings. The molecule has 0 bridgehead atoms. The molecule has 0 saturated carbocycles. The van der Waals surface area contributed by atoms with Crippen LogP contribution in [0.5, 0.6) is 0 Å². The van der Waals surface area contributed by atoms with Crippen molar-refractivity contribution in [3.05, 3.63) is 65.2 Å². The third-order valence-electron chi connectivity index (χ3n) is 4.76. The molecule has 1 N–H and O–H groups in total. The molecule has 0 heterocycles. The SMILES string of the molecule is CCCCc1ccc(S(=O)(=O)NC(CC)c2ccc(C(C)C)cc2)cc1. The smallest absolute Gasteiger partial charge is 0.207 e. The normalized spacial score (nSPS) is 13.1. The highest BCUT2D eigenvalue weighted by Gasteiger charge is 2.20. The second kappa shape index (κ2) is 9.33. The molecule has 1 unspecified atom stereocenters. The molecule has 26 heavy (non-hydrogen) atoms. The number of benzene rings is 2. The van der Waals surface area contributed by atoms with Crippen molar-refractivity contribution >= 4 is 10.0 Å². The van der Waals surface area contributed by atoms with Crippen LogP contribution in [0.25, 0.3) is 0 Å². The van der Waals surface area contributed by atoms with Gasteiger partial charge in [0.15, 0.2) is 0 Å². The molecule has 2 aromatic rings. The molecule has 4 heteroatoms. The maximum absolute atomic E-state index is 12.8. The molecule has 0 radical (unpaired) electrons. The van der Waals surface area contributed by atoms with Crippen LogP contribution in [-0.2, 0) is 16.4 Å². The van der Waals surface area contributed by atoms with Crippen LogP contribution in [0.2, 0.25) is 0 Å². The minimum Gasteiger partial charge on any atom is -0.207 e. The second-order valence-electron chi connectivity index (χ2n) is 7.15. The van der Waals surface area contributed by atoms with Crippen LogP contribution in [0.1, 0.15) is 75.6 Å². The van der Waals surface area contributed by atoms with E-state index in [2.05, 4.69) is 37.6 Å². The van der Waals surface area contributed by atoms with E-state index < -0.39 is 10.0 Å². The lowest BCUT2D eigenvalue weighted by Gasteiger charge is -2.18. The summed E-state index contributed by atoms with van der Waals surface area (Å²) in [5.74, 6) is 0.465. The summed E-state index contributed by atoms with van der Waals surface area (Å²) in [4.78, 5) is 0.329. The Kier molecular flexibility index (Phi) is 7.42. The molecular weight excluding hydrogens is 342 g/mol. The topological polar surface area (TPSA) is 46.2 Å². The van der Waals surface area contributed by atoms with E-state index in [4.69, 9.17) is 0 Å². The zero-order chi connectivity index (χ0) is 19.2. The predicted octanol–water partition coefficient (Wildman–Crippen LogP) is 5.58. The van der Waals surface area contributed by atoms with E-state index in [0.29, 0.717) is 17.2 Å². The zero-order valence-electron chi connectivity index (χ0n) is 16.3. The highest BCUT2D eigenvalue weighted by molar-refractivity contribution is 7.89. The van der Waals surface area contributed by atoms with Crippen LogP contribution in [-0.4, -0.2) is 8.42 Å².